The highest BCUT2D eigenvalue weighted by molar-refractivity contribution is 7.89. The molecular weight excluding hydrogens is 679 g/mol. The summed E-state index contributed by atoms with van der Waals surface area (Å²) in [6.45, 7) is 4.46. The number of anilines is 1. The van der Waals surface area contributed by atoms with E-state index in [1.165, 1.54) is 21.7 Å². The maximum atomic E-state index is 14.2. The number of carbonyl (C=O) groups excluding carboxylic acids is 1. The highest BCUT2D eigenvalue weighted by Crippen LogP contribution is 2.50. The fourth-order valence-corrected chi connectivity index (χ4v) is 10.1. The first kappa shape index (κ1) is 34.5. The summed E-state index contributed by atoms with van der Waals surface area (Å²) < 4.78 is 75.9. The van der Waals surface area contributed by atoms with Crippen LogP contribution < -0.4 is 10.6 Å². The van der Waals surface area contributed by atoms with Crippen molar-refractivity contribution in [1.29, 1.82) is 0 Å². The summed E-state index contributed by atoms with van der Waals surface area (Å²) in [7, 11) is -4.13. The normalized spacial score (nSPS) is 26.2. The molecule has 3 N–H and O–H groups in total. The Bertz CT molecular complexity index is 1770. The second-order valence-electron chi connectivity index (χ2n) is 14.1. The van der Waals surface area contributed by atoms with Crippen LogP contribution in [0.1, 0.15) is 45.1 Å². The highest BCUT2D eigenvalue weighted by atomic mass is 32.2. The number of benzene rings is 2. The maximum Gasteiger partial charge on any atom is 0.407 e. The molecule has 4 aliphatic rings. The Kier molecular flexibility index (Phi) is 9.85. The zero-order valence-electron chi connectivity index (χ0n) is 27.4. The highest BCUT2D eigenvalue weighted by Gasteiger charge is 2.55. The maximum absolute atomic E-state index is 14.2. The third-order valence-corrected chi connectivity index (χ3v) is 12.6. The van der Waals surface area contributed by atoms with Crippen LogP contribution in [0.5, 0.6) is 0 Å². The number of nitrogens with one attached hydrogen (secondary N) is 2. The molecule has 7 atom stereocenters. The number of thiazole rings is 1. The molecule has 7 rings (SSSR count). The van der Waals surface area contributed by atoms with Crippen LogP contribution in [-0.2, 0) is 30.7 Å². The number of aliphatic hydroxyl groups is 1. The van der Waals surface area contributed by atoms with Crippen LogP contribution in [0.2, 0.25) is 0 Å². The number of nitrogens with zero attached hydrogens (tertiary/aromatic N) is 2. The van der Waals surface area contributed by atoms with Crippen LogP contribution in [0.3, 0.4) is 0 Å². The fourth-order valence-electron chi connectivity index (χ4n) is 7.44. The molecule has 1 amide bonds. The summed E-state index contributed by atoms with van der Waals surface area (Å²) in [4.78, 5) is 18.0. The first-order valence-corrected chi connectivity index (χ1v) is 19.2. The minimum atomic E-state index is -4.13. The molecule has 0 unspecified atom stereocenters. The van der Waals surface area contributed by atoms with Crippen molar-refractivity contribution < 1.29 is 41.3 Å². The number of hydrogen-bond donors (Lipinski definition) is 3. The molecule has 2 saturated heterocycles. The number of hydrogen-bond acceptors (Lipinski definition) is 10. The predicted molar refractivity (Wildman–Crippen MR) is 179 cm³/mol. The SMILES string of the molecule is CC(C)CN(C[C@@H](O)[C@H](Cc1cc(F)cc(F)c1)NC(=O)O[C@@H]1C[C@@H]2CO[C@@H]3OCC[C@H]1[C@H]23)S(=O)(=O)c1ccc2nc(NC3CC3)sc2c1. The third kappa shape index (κ3) is 7.71. The number of ether oxygens (including phenoxy) is 3. The Morgan fingerprint density at radius 3 is 2.63 bits per heavy atom. The molecule has 2 aliphatic heterocycles. The number of alkyl carbamates (subject to hydrolysis) is 1. The zero-order valence-corrected chi connectivity index (χ0v) is 29.0. The summed E-state index contributed by atoms with van der Waals surface area (Å²) in [5.74, 6) is -1.30. The molecule has 3 aromatic rings. The number of carbonyl (C=O) groups is 1. The van der Waals surface area contributed by atoms with E-state index in [2.05, 4.69) is 15.6 Å². The van der Waals surface area contributed by atoms with Gasteiger partial charge >= 0.3 is 6.09 Å². The fraction of sp³-hybridized carbons (Fsp3) is 0.588. The van der Waals surface area contributed by atoms with Crippen molar-refractivity contribution in [3.8, 4) is 0 Å². The van der Waals surface area contributed by atoms with Gasteiger partial charge < -0.3 is 30.0 Å². The summed E-state index contributed by atoms with van der Waals surface area (Å²) in [5.41, 5.74) is 0.869. The zero-order chi connectivity index (χ0) is 34.4. The van der Waals surface area contributed by atoms with Gasteiger partial charge in [0.05, 0.1) is 40.5 Å². The Balaban J connectivity index is 1.10. The van der Waals surface area contributed by atoms with Gasteiger partial charge in [0.15, 0.2) is 11.4 Å². The van der Waals surface area contributed by atoms with E-state index < -0.39 is 39.9 Å². The molecule has 4 fully saturated rings. The van der Waals surface area contributed by atoms with Gasteiger partial charge in [0.2, 0.25) is 10.0 Å². The summed E-state index contributed by atoms with van der Waals surface area (Å²) in [5, 5.41) is 18.4. The number of amides is 1. The van der Waals surface area contributed by atoms with Gasteiger partial charge in [-0.15, -0.1) is 0 Å². The molecule has 15 heteroatoms. The molecule has 0 radical (unpaired) electrons. The monoisotopic (exact) mass is 720 g/mol. The first-order chi connectivity index (χ1) is 23.4. The standard InChI is InChI=1S/C34H42F2N4O7S2/c1-18(2)15-40(49(43,44)24-5-6-26-30(14-24)48-33(38-26)37-23-3-4-23)16-28(41)27(11-19-9-21(35)13-22(36)10-19)39-34(42)47-29-12-20-17-46-32-31(20)25(29)7-8-45-32/h5-6,9-10,13-14,18,20,23,25,27-29,31-32,41H,3-4,7-8,11-12,15-17H2,1-2H3,(H,37,38)(H,39,42)/t20-,25-,27+,28-,29-,31+,32+/m1/s1. The lowest BCUT2D eigenvalue weighted by Gasteiger charge is -2.33. The average molecular weight is 721 g/mol. The quantitative estimate of drug-likeness (QED) is 0.225. The van der Waals surface area contributed by atoms with Gasteiger partial charge in [-0.2, -0.15) is 4.31 Å². The minimum Gasteiger partial charge on any atom is -0.446 e. The molecular formula is C34H42F2N4O7S2. The average Bonchev–Trinajstić information content (AvgIpc) is 3.44. The lowest BCUT2D eigenvalue weighted by Crippen LogP contribution is -2.51. The second-order valence-corrected chi connectivity index (χ2v) is 17.1. The number of halogens is 2. The van der Waals surface area contributed by atoms with E-state index >= 15 is 0 Å². The molecule has 3 heterocycles. The van der Waals surface area contributed by atoms with Crippen molar-refractivity contribution in [2.24, 2.45) is 23.7 Å². The van der Waals surface area contributed by atoms with Crippen LogP contribution in [0.25, 0.3) is 10.2 Å². The van der Waals surface area contributed by atoms with E-state index in [1.807, 2.05) is 13.8 Å². The van der Waals surface area contributed by atoms with E-state index in [1.54, 1.807) is 12.1 Å². The van der Waals surface area contributed by atoms with E-state index in [-0.39, 0.29) is 66.0 Å². The van der Waals surface area contributed by atoms with E-state index in [0.29, 0.717) is 35.9 Å². The van der Waals surface area contributed by atoms with Crippen LogP contribution in [0, 0.1) is 35.3 Å². The van der Waals surface area contributed by atoms with Crippen LogP contribution in [-0.4, -0.2) is 85.8 Å². The second kappa shape index (κ2) is 14.0. The Morgan fingerprint density at radius 2 is 1.90 bits per heavy atom. The van der Waals surface area contributed by atoms with Gasteiger partial charge in [-0.1, -0.05) is 25.2 Å². The smallest absolute Gasteiger partial charge is 0.407 e. The van der Waals surface area contributed by atoms with Crippen molar-refractivity contribution in [3.05, 3.63) is 53.6 Å². The minimum absolute atomic E-state index is 0.0520. The van der Waals surface area contributed by atoms with Gasteiger partial charge in [-0.25, -0.2) is 27.0 Å². The number of fused-ring (bicyclic) bond motifs is 1. The van der Waals surface area contributed by atoms with Crippen LogP contribution >= 0.6 is 11.3 Å². The van der Waals surface area contributed by atoms with E-state index in [4.69, 9.17) is 14.2 Å². The largest absolute Gasteiger partial charge is 0.446 e. The van der Waals surface area contributed by atoms with Gasteiger partial charge in [0.1, 0.15) is 17.7 Å². The Labute approximate surface area is 288 Å². The molecule has 2 aliphatic carbocycles. The van der Waals surface area contributed by atoms with Crippen molar-refractivity contribution in [2.75, 3.05) is 31.6 Å². The number of sulfonamides is 1. The number of rotatable bonds is 13. The van der Waals surface area contributed by atoms with Crippen molar-refractivity contribution in [3.63, 3.8) is 0 Å². The van der Waals surface area contributed by atoms with E-state index in [9.17, 15) is 27.1 Å². The van der Waals surface area contributed by atoms with Gasteiger partial charge in [0.25, 0.3) is 0 Å². The number of aromatic nitrogens is 1. The summed E-state index contributed by atoms with van der Waals surface area (Å²) in [6, 6.07) is 7.01. The van der Waals surface area contributed by atoms with Crippen molar-refractivity contribution >= 4 is 42.8 Å². The van der Waals surface area contributed by atoms with Crippen molar-refractivity contribution in [2.45, 2.75) is 81.4 Å². The number of aliphatic hydroxyl groups excluding tert-OH is 1. The van der Waals surface area contributed by atoms with Gasteiger partial charge in [-0.05, 0) is 79.8 Å². The predicted octanol–water partition coefficient (Wildman–Crippen LogP) is 4.89. The molecule has 2 aromatic carbocycles. The molecule has 0 spiro atoms. The van der Waals surface area contributed by atoms with Gasteiger partial charge in [0, 0.05) is 37.0 Å². The molecule has 266 valence electrons. The summed E-state index contributed by atoms with van der Waals surface area (Å²) in [6.07, 6.45) is 0.396. The lowest BCUT2D eigenvalue weighted by molar-refractivity contribution is -0.173. The molecule has 49 heavy (non-hydrogen) atoms. The third-order valence-electron chi connectivity index (χ3n) is 9.84. The Hall–Kier alpha value is -2.95. The van der Waals surface area contributed by atoms with E-state index in [0.717, 1.165) is 42.6 Å². The topological polar surface area (TPSA) is 139 Å². The molecule has 2 saturated carbocycles. The molecule has 0 bridgehead atoms. The first-order valence-electron chi connectivity index (χ1n) is 16.9. The van der Waals surface area contributed by atoms with Gasteiger partial charge in [-0.3, -0.25) is 0 Å². The van der Waals surface area contributed by atoms with Crippen molar-refractivity contribution in [1.82, 2.24) is 14.6 Å². The molecule has 11 nitrogen and oxygen atoms in total. The summed E-state index contributed by atoms with van der Waals surface area (Å²) >= 11 is 1.38. The Morgan fingerprint density at radius 1 is 1.12 bits per heavy atom. The van der Waals surface area contributed by atoms with Crippen LogP contribution in [0.4, 0.5) is 18.7 Å². The molecule has 1 aromatic heterocycles. The lowest BCUT2D eigenvalue weighted by atomic mass is 9.87. The van der Waals surface area contributed by atoms with Crippen LogP contribution in [0.15, 0.2) is 41.3 Å².